The van der Waals surface area contributed by atoms with Crippen LogP contribution < -0.4 is 4.74 Å². The van der Waals surface area contributed by atoms with Crippen LogP contribution in [0, 0.1) is 24.0 Å². The fourth-order valence-electron chi connectivity index (χ4n) is 2.02. The minimum Gasteiger partial charge on any atom is -0.491 e. The number of non-ortho nitro benzene ring substituents is 1. The minimum atomic E-state index is -0.443. The smallest absolute Gasteiger partial charge is 0.269 e. The summed E-state index contributed by atoms with van der Waals surface area (Å²) in [6.45, 7) is 7.87. The molecule has 120 valence electrons. The molecule has 0 aromatic heterocycles. The van der Waals surface area contributed by atoms with Crippen molar-refractivity contribution in [3.8, 4) is 5.75 Å². The molecule has 0 fully saturated rings. The van der Waals surface area contributed by atoms with Gasteiger partial charge in [-0.1, -0.05) is 0 Å². The monoisotopic (exact) mass is 313 g/mol. The number of nitro groups is 1. The van der Waals surface area contributed by atoms with Crippen LogP contribution in [-0.2, 0) is 0 Å². The summed E-state index contributed by atoms with van der Waals surface area (Å²) in [5.74, 6) is 0.840. The van der Waals surface area contributed by atoms with E-state index in [9.17, 15) is 10.1 Å². The van der Waals surface area contributed by atoms with Crippen LogP contribution in [0.1, 0.15) is 25.0 Å². The van der Waals surface area contributed by atoms with Gasteiger partial charge in [-0.05, 0) is 63.1 Å². The van der Waals surface area contributed by atoms with Gasteiger partial charge in [-0.3, -0.25) is 10.1 Å². The molecule has 6 heteroatoms. The van der Waals surface area contributed by atoms with Gasteiger partial charge in [0.2, 0.25) is 0 Å². The first kappa shape index (κ1) is 16.6. The average molecular weight is 313 g/mol. The van der Waals surface area contributed by atoms with Crippen molar-refractivity contribution >= 4 is 17.1 Å². The Kier molecular flexibility index (Phi) is 5.05. The predicted molar refractivity (Wildman–Crippen MR) is 89.0 cm³/mol. The molecule has 0 saturated carbocycles. The van der Waals surface area contributed by atoms with Gasteiger partial charge in [-0.15, -0.1) is 0 Å². The first-order chi connectivity index (χ1) is 10.9. The van der Waals surface area contributed by atoms with Gasteiger partial charge >= 0.3 is 0 Å². The Morgan fingerprint density at radius 1 is 1.04 bits per heavy atom. The standard InChI is InChI=1S/C17H19N3O3/c1-11(2)23-17-10-12(3)16(9-13(17)4)19-18-14-5-7-15(8-6-14)20(21)22/h5-11H,1-4H3. The summed E-state index contributed by atoms with van der Waals surface area (Å²) in [6.07, 6.45) is 0.112. The van der Waals surface area contributed by atoms with Crippen LogP contribution in [0.15, 0.2) is 46.6 Å². The van der Waals surface area contributed by atoms with Crippen LogP contribution in [0.3, 0.4) is 0 Å². The number of nitro benzene ring substituents is 1. The van der Waals surface area contributed by atoms with E-state index in [-0.39, 0.29) is 11.8 Å². The van der Waals surface area contributed by atoms with Gasteiger partial charge in [0.25, 0.3) is 5.69 Å². The van der Waals surface area contributed by atoms with E-state index in [0.29, 0.717) is 5.69 Å². The lowest BCUT2D eigenvalue weighted by molar-refractivity contribution is -0.384. The summed E-state index contributed by atoms with van der Waals surface area (Å²) in [6, 6.07) is 9.82. The Hall–Kier alpha value is -2.76. The predicted octanol–water partition coefficient (Wildman–Crippen LogP) is 5.41. The summed E-state index contributed by atoms with van der Waals surface area (Å²) < 4.78 is 5.74. The third-order valence-electron chi connectivity index (χ3n) is 3.19. The molecule has 0 aliphatic heterocycles. The molecule has 2 aromatic rings. The summed E-state index contributed by atoms with van der Waals surface area (Å²) in [7, 11) is 0. The molecule has 0 spiro atoms. The maximum atomic E-state index is 10.6. The first-order valence-electron chi connectivity index (χ1n) is 7.31. The van der Waals surface area contributed by atoms with Gasteiger partial charge < -0.3 is 4.74 Å². The highest BCUT2D eigenvalue weighted by atomic mass is 16.6. The first-order valence-corrected chi connectivity index (χ1v) is 7.31. The van der Waals surface area contributed by atoms with E-state index in [0.717, 1.165) is 22.6 Å². The van der Waals surface area contributed by atoms with Crippen LogP contribution in [0.5, 0.6) is 5.75 Å². The van der Waals surface area contributed by atoms with Gasteiger partial charge in [-0.2, -0.15) is 10.2 Å². The average Bonchev–Trinajstić information content (AvgIpc) is 2.49. The zero-order valence-corrected chi connectivity index (χ0v) is 13.6. The lowest BCUT2D eigenvalue weighted by Gasteiger charge is -2.13. The van der Waals surface area contributed by atoms with Crippen LogP contribution in [-0.4, -0.2) is 11.0 Å². The molecule has 0 aliphatic rings. The van der Waals surface area contributed by atoms with E-state index in [4.69, 9.17) is 4.74 Å². The molecule has 6 nitrogen and oxygen atoms in total. The molecule has 0 radical (unpaired) electrons. The molecule has 2 aromatic carbocycles. The minimum absolute atomic E-state index is 0.0335. The van der Waals surface area contributed by atoms with Crippen molar-refractivity contribution in [3.05, 3.63) is 57.6 Å². The third-order valence-corrected chi connectivity index (χ3v) is 3.19. The maximum absolute atomic E-state index is 10.6. The Balaban J connectivity index is 2.22. The van der Waals surface area contributed by atoms with E-state index < -0.39 is 4.92 Å². The Labute approximate surface area is 135 Å². The van der Waals surface area contributed by atoms with Gasteiger partial charge in [-0.25, -0.2) is 0 Å². The second-order valence-electron chi connectivity index (χ2n) is 5.54. The second-order valence-corrected chi connectivity index (χ2v) is 5.54. The Bertz CT molecular complexity index is 737. The van der Waals surface area contributed by atoms with Crippen molar-refractivity contribution in [2.24, 2.45) is 10.2 Å². The molecule has 0 aliphatic carbocycles. The Morgan fingerprint density at radius 3 is 2.26 bits per heavy atom. The van der Waals surface area contributed by atoms with E-state index >= 15 is 0 Å². The fourth-order valence-corrected chi connectivity index (χ4v) is 2.02. The summed E-state index contributed by atoms with van der Waals surface area (Å²) in [5, 5.41) is 19.0. The second kappa shape index (κ2) is 7.00. The SMILES string of the molecule is Cc1cc(OC(C)C)c(C)cc1N=Nc1ccc([N+](=O)[O-])cc1. The normalized spacial score (nSPS) is 11.2. The molecular formula is C17H19N3O3. The number of ether oxygens (including phenoxy) is 1. The number of nitrogens with zero attached hydrogens (tertiary/aromatic N) is 3. The molecule has 2 rings (SSSR count). The molecule has 0 atom stereocenters. The van der Waals surface area contributed by atoms with E-state index in [1.165, 1.54) is 12.1 Å². The third kappa shape index (κ3) is 4.35. The Morgan fingerprint density at radius 2 is 1.70 bits per heavy atom. The molecule has 0 N–H and O–H groups in total. The van der Waals surface area contributed by atoms with Crippen LogP contribution in [0.25, 0.3) is 0 Å². The van der Waals surface area contributed by atoms with Crippen LogP contribution in [0.2, 0.25) is 0 Å². The molecule has 0 bridgehead atoms. The fraction of sp³-hybridized carbons (Fsp3) is 0.294. The zero-order chi connectivity index (χ0) is 17.0. The van der Waals surface area contributed by atoms with Crippen molar-refractivity contribution in [3.63, 3.8) is 0 Å². The van der Waals surface area contributed by atoms with Crippen molar-refractivity contribution in [1.29, 1.82) is 0 Å². The lowest BCUT2D eigenvalue weighted by Crippen LogP contribution is -2.06. The number of hydrogen-bond acceptors (Lipinski definition) is 5. The van der Waals surface area contributed by atoms with Crippen molar-refractivity contribution < 1.29 is 9.66 Å². The summed E-state index contributed by atoms with van der Waals surface area (Å²) in [4.78, 5) is 10.2. The van der Waals surface area contributed by atoms with E-state index in [1.54, 1.807) is 12.1 Å². The van der Waals surface area contributed by atoms with Crippen LogP contribution in [0.4, 0.5) is 17.1 Å². The summed E-state index contributed by atoms with van der Waals surface area (Å²) >= 11 is 0. The van der Waals surface area contributed by atoms with Crippen molar-refractivity contribution in [2.75, 3.05) is 0 Å². The molecular weight excluding hydrogens is 294 g/mol. The van der Waals surface area contributed by atoms with Gasteiger partial charge in [0.15, 0.2) is 0 Å². The largest absolute Gasteiger partial charge is 0.491 e. The highest BCUT2D eigenvalue weighted by Crippen LogP contribution is 2.30. The summed E-state index contributed by atoms with van der Waals surface area (Å²) in [5.41, 5.74) is 3.29. The highest BCUT2D eigenvalue weighted by molar-refractivity contribution is 5.53. The number of aryl methyl sites for hydroxylation is 2. The molecule has 0 heterocycles. The van der Waals surface area contributed by atoms with Gasteiger partial charge in [0.05, 0.1) is 22.4 Å². The van der Waals surface area contributed by atoms with E-state index in [2.05, 4.69) is 10.2 Å². The van der Waals surface area contributed by atoms with Crippen LogP contribution >= 0.6 is 0 Å². The lowest BCUT2D eigenvalue weighted by atomic mass is 10.1. The van der Waals surface area contributed by atoms with Crippen molar-refractivity contribution in [2.45, 2.75) is 33.8 Å². The van der Waals surface area contributed by atoms with E-state index in [1.807, 2.05) is 39.8 Å². The topological polar surface area (TPSA) is 77.1 Å². The van der Waals surface area contributed by atoms with Crippen molar-refractivity contribution in [1.82, 2.24) is 0 Å². The molecule has 23 heavy (non-hydrogen) atoms. The number of azo groups is 1. The molecule has 0 amide bonds. The molecule has 0 unspecified atom stereocenters. The quantitative estimate of drug-likeness (QED) is 0.420. The number of benzene rings is 2. The number of hydrogen-bond donors (Lipinski definition) is 0. The molecule has 0 saturated heterocycles. The van der Waals surface area contributed by atoms with Gasteiger partial charge in [0, 0.05) is 12.1 Å². The number of rotatable bonds is 5. The van der Waals surface area contributed by atoms with Gasteiger partial charge in [0.1, 0.15) is 5.75 Å². The maximum Gasteiger partial charge on any atom is 0.269 e. The zero-order valence-electron chi connectivity index (χ0n) is 13.6. The highest BCUT2D eigenvalue weighted by Gasteiger charge is 2.07.